The maximum absolute atomic E-state index is 12.6. The van der Waals surface area contributed by atoms with Crippen molar-refractivity contribution >= 4 is 15.9 Å². The minimum absolute atomic E-state index is 0.0181. The molecule has 1 aromatic carbocycles. The van der Waals surface area contributed by atoms with Crippen LogP contribution >= 0.6 is 0 Å². The standard InChI is InChI=1S/C19H29N3O4S/c1-27(24,25)22(11-10-20-12-14-26-15-13-20)9-7-19(23)21-8-6-17-4-2-3-5-18(17)16-21/h2-5H,6-16H2,1H3. The molecule has 0 aromatic heterocycles. The smallest absolute Gasteiger partial charge is 0.224 e. The van der Waals surface area contributed by atoms with Crippen LogP contribution in [0.15, 0.2) is 24.3 Å². The van der Waals surface area contributed by atoms with Crippen LogP contribution in [0.3, 0.4) is 0 Å². The number of sulfonamides is 1. The molecule has 1 amide bonds. The molecule has 0 saturated carbocycles. The number of ether oxygens (including phenoxy) is 1. The number of amides is 1. The van der Waals surface area contributed by atoms with E-state index in [-0.39, 0.29) is 18.9 Å². The highest BCUT2D eigenvalue weighted by atomic mass is 32.2. The molecule has 2 aliphatic heterocycles. The van der Waals surface area contributed by atoms with Gasteiger partial charge in [-0.2, -0.15) is 0 Å². The number of carbonyl (C=O) groups excluding carboxylic acids is 1. The second-order valence-corrected chi connectivity index (χ2v) is 9.18. The Kier molecular flexibility index (Phi) is 6.86. The fraction of sp³-hybridized carbons (Fsp3) is 0.632. The molecule has 1 saturated heterocycles. The normalized spacial score (nSPS) is 18.5. The van der Waals surface area contributed by atoms with Crippen molar-refractivity contribution < 1.29 is 17.9 Å². The van der Waals surface area contributed by atoms with Gasteiger partial charge in [0, 0.05) is 52.2 Å². The molecule has 3 rings (SSSR count). The van der Waals surface area contributed by atoms with Crippen molar-refractivity contribution in [3.63, 3.8) is 0 Å². The van der Waals surface area contributed by atoms with Crippen LogP contribution in [0.5, 0.6) is 0 Å². The second-order valence-electron chi connectivity index (χ2n) is 7.20. The van der Waals surface area contributed by atoms with Gasteiger partial charge >= 0.3 is 0 Å². The van der Waals surface area contributed by atoms with Crippen LogP contribution in [0.4, 0.5) is 0 Å². The summed E-state index contributed by atoms with van der Waals surface area (Å²) in [6.07, 6.45) is 2.29. The first-order valence-electron chi connectivity index (χ1n) is 9.53. The lowest BCUT2D eigenvalue weighted by atomic mass is 10.00. The van der Waals surface area contributed by atoms with Crippen LogP contribution in [-0.4, -0.2) is 87.2 Å². The summed E-state index contributed by atoms with van der Waals surface area (Å²) in [6.45, 7) is 5.65. The van der Waals surface area contributed by atoms with Gasteiger partial charge in [-0.15, -0.1) is 0 Å². The van der Waals surface area contributed by atoms with Crippen molar-refractivity contribution in [1.82, 2.24) is 14.1 Å². The van der Waals surface area contributed by atoms with Crippen LogP contribution in [0.1, 0.15) is 17.5 Å². The van der Waals surface area contributed by atoms with Crippen LogP contribution in [0.2, 0.25) is 0 Å². The zero-order chi connectivity index (χ0) is 19.3. The number of carbonyl (C=O) groups is 1. The van der Waals surface area contributed by atoms with Gasteiger partial charge in [-0.25, -0.2) is 12.7 Å². The molecule has 0 N–H and O–H groups in total. The van der Waals surface area contributed by atoms with Gasteiger partial charge in [-0.1, -0.05) is 24.3 Å². The first kappa shape index (κ1) is 20.3. The number of benzene rings is 1. The van der Waals surface area contributed by atoms with E-state index >= 15 is 0 Å². The lowest BCUT2D eigenvalue weighted by Crippen LogP contribution is -2.44. The molecular weight excluding hydrogens is 366 g/mol. The van der Waals surface area contributed by atoms with Crippen molar-refractivity contribution in [1.29, 1.82) is 0 Å². The lowest BCUT2D eigenvalue weighted by Gasteiger charge is -2.31. The van der Waals surface area contributed by atoms with Gasteiger partial charge in [0.1, 0.15) is 0 Å². The zero-order valence-electron chi connectivity index (χ0n) is 16.0. The highest BCUT2D eigenvalue weighted by molar-refractivity contribution is 7.88. The summed E-state index contributed by atoms with van der Waals surface area (Å²) in [5.74, 6) is 0.0181. The maximum atomic E-state index is 12.6. The molecule has 0 atom stereocenters. The Labute approximate surface area is 161 Å². The van der Waals surface area contributed by atoms with E-state index < -0.39 is 10.0 Å². The van der Waals surface area contributed by atoms with E-state index in [1.54, 1.807) is 0 Å². The summed E-state index contributed by atoms with van der Waals surface area (Å²) in [4.78, 5) is 16.7. The molecule has 0 bridgehead atoms. The van der Waals surface area contributed by atoms with E-state index in [4.69, 9.17) is 4.74 Å². The van der Waals surface area contributed by atoms with Gasteiger partial charge in [0.25, 0.3) is 0 Å². The Hall–Kier alpha value is -1.48. The first-order chi connectivity index (χ1) is 12.9. The molecule has 0 unspecified atom stereocenters. The highest BCUT2D eigenvalue weighted by Crippen LogP contribution is 2.19. The summed E-state index contributed by atoms with van der Waals surface area (Å²) in [6, 6.07) is 8.17. The molecule has 0 spiro atoms. The minimum atomic E-state index is -3.34. The van der Waals surface area contributed by atoms with E-state index in [1.165, 1.54) is 21.7 Å². The van der Waals surface area contributed by atoms with E-state index in [0.29, 0.717) is 39.4 Å². The Morgan fingerprint density at radius 3 is 2.52 bits per heavy atom. The van der Waals surface area contributed by atoms with Crippen molar-refractivity contribution in [2.45, 2.75) is 19.4 Å². The van der Waals surface area contributed by atoms with Gasteiger partial charge in [0.2, 0.25) is 15.9 Å². The van der Waals surface area contributed by atoms with Gasteiger partial charge in [-0.3, -0.25) is 9.69 Å². The molecule has 8 heteroatoms. The number of hydrogen-bond donors (Lipinski definition) is 0. The predicted octanol–water partition coefficient (Wildman–Crippen LogP) is 0.555. The molecule has 150 valence electrons. The van der Waals surface area contributed by atoms with Gasteiger partial charge in [0.15, 0.2) is 0 Å². The number of rotatable bonds is 7. The van der Waals surface area contributed by atoms with E-state index in [0.717, 1.165) is 19.5 Å². The van der Waals surface area contributed by atoms with Crippen molar-refractivity contribution in [2.75, 3.05) is 58.7 Å². The summed E-state index contributed by atoms with van der Waals surface area (Å²) in [7, 11) is -3.34. The molecule has 0 aliphatic carbocycles. The van der Waals surface area contributed by atoms with Gasteiger partial charge in [0.05, 0.1) is 19.5 Å². The van der Waals surface area contributed by atoms with Crippen LogP contribution in [-0.2, 0) is 32.5 Å². The topological polar surface area (TPSA) is 70.2 Å². The van der Waals surface area contributed by atoms with Crippen LogP contribution in [0.25, 0.3) is 0 Å². The minimum Gasteiger partial charge on any atom is -0.379 e. The monoisotopic (exact) mass is 395 g/mol. The Balaban J connectivity index is 1.51. The third kappa shape index (κ3) is 5.75. The zero-order valence-corrected chi connectivity index (χ0v) is 16.8. The van der Waals surface area contributed by atoms with Crippen LogP contribution < -0.4 is 0 Å². The fourth-order valence-corrected chi connectivity index (χ4v) is 4.44. The summed E-state index contributed by atoms with van der Waals surface area (Å²) < 4.78 is 31.0. The fourth-order valence-electron chi connectivity index (χ4n) is 3.61. The third-order valence-corrected chi connectivity index (χ3v) is 6.60. The summed E-state index contributed by atoms with van der Waals surface area (Å²) in [5.41, 5.74) is 2.48. The molecule has 2 aliphatic rings. The van der Waals surface area contributed by atoms with Gasteiger partial charge in [-0.05, 0) is 17.5 Å². The van der Waals surface area contributed by atoms with Crippen LogP contribution in [0, 0.1) is 0 Å². The first-order valence-corrected chi connectivity index (χ1v) is 11.4. The molecule has 2 heterocycles. The SMILES string of the molecule is CS(=O)(=O)N(CCC(=O)N1CCc2ccccc2C1)CCN1CCOCC1. The summed E-state index contributed by atoms with van der Waals surface area (Å²) in [5, 5.41) is 0. The molecule has 27 heavy (non-hydrogen) atoms. The van der Waals surface area contributed by atoms with E-state index in [9.17, 15) is 13.2 Å². The maximum Gasteiger partial charge on any atom is 0.224 e. The number of morpholine rings is 1. The number of fused-ring (bicyclic) bond motifs is 1. The molecule has 1 fully saturated rings. The quantitative estimate of drug-likeness (QED) is 0.675. The van der Waals surface area contributed by atoms with Crippen molar-refractivity contribution in [3.8, 4) is 0 Å². The van der Waals surface area contributed by atoms with Crippen molar-refractivity contribution in [3.05, 3.63) is 35.4 Å². The molecule has 0 radical (unpaired) electrons. The Morgan fingerprint density at radius 1 is 1.11 bits per heavy atom. The molecular formula is C19H29N3O4S. The van der Waals surface area contributed by atoms with E-state index in [2.05, 4.69) is 17.0 Å². The molecule has 1 aromatic rings. The van der Waals surface area contributed by atoms with Gasteiger partial charge < -0.3 is 9.64 Å². The largest absolute Gasteiger partial charge is 0.379 e. The Bertz CT molecular complexity index is 747. The number of nitrogens with zero attached hydrogens (tertiary/aromatic N) is 3. The predicted molar refractivity (Wildman–Crippen MR) is 104 cm³/mol. The lowest BCUT2D eigenvalue weighted by molar-refractivity contribution is -0.132. The highest BCUT2D eigenvalue weighted by Gasteiger charge is 2.24. The van der Waals surface area contributed by atoms with E-state index in [1.807, 2.05) is 17.0 Å². The molecule has 7 nitrogen and oxygen atoms in total. The average molecular weight is 396 g/mol. The third-order valence-electron chi connectivity index (χ3n) is 5.30. The second kappa shape index (κ2) is 9.14. The summed E-state index contributed by atoms with van der Waals surface area (Å²) >= 11 is 0. The Morgan fingerprint density at radius 2 is 1.81 bits per heavy atom. The van der Waals surface area contributed by atoms with Crippen molar-refractivity contribution in [2.24, 2.45) is 0 Å². The number of hydrogen-bond acceptors (Lipinski definition) is 5. The average Bonchev–Trinajstić information content (AvgIpc) is 2.67.